The summed E-state index contributed by atoms with van der Waals surface area (Å²) in [6.07, 6.45) is 1.38. The Hall–Kier alpha value is -2.61. The molecule has 0 bridgehead atoms. The quantitative estimate of drug-likeness (QED) is 0.579. The summed E-state index contributed by atoms with van der Waals surface area (Å²) in [5, 5.41) is 12.0. The van der Waals surface area contributed by atoms with Gasteiger partial charge in [-0.1, -0.05) is 67.1 Å². The van der Waals surface area contributed by atoms with Gasteiger partial charge in [-0.15, -0.1) is 11.8 Å². The largest absolute Gasteiger partial charge is 0.355 e. The molecule has 2 saturated heterocycles. The first kappa shape index (κ1) is 24.1. The molecule has 3 N–H and O–H groups in total. The molecule has 6 nitrogen and oxygen atoms in total. The number of hydrogen-bond donors (Lipinski definition) is 3. The lowest BCUT2D eigenvalue weighted by atomic mass is 9.93. The molecule has 2 aromatic carbocycles. The van der Waals surface area contributed by atoms with Crippen LogP contribution >= 0.6 is 11.8 Å². The fourth-order valence-corrected chi connectivity index (χ4v) is 6.42. The number of nitrogens with zero attached hydrogens (tertiary/aromatic N) is 1. The highest BCUT2D eigenvalue weighted by atomic mass is 32.2. The Morgan fingerprint density at radius 1 is 1.14 bits per heavy atom. The summed E-state index contributed by atoms with van der Waals surface area (Å²) in [7, 11) is 0. The number of rotatable bonds is 6. The van der Waals surface area contributed by atoms with E-state index in [0.29, 0.717) is 6.54 Å². The standard InChI is InChI=1S/C28H34N4O2S/c1-18-7-6-10-22(15-18)23-17-35-25-24(23)30-28(31-27(25)34)32-13-11-21(12-14-32)26(33)29-16-19(2)20-8-4-3-5-9-20/h3-10,15,17,19,21,24-25,28,30H,11-14,16H2,1-2H3,(H,29,33)(H,31,34). The van der Waals surface area contributed by atoms with Crippen LogP contribution in [0.2, 0.25) is 0 Å². The third-order valence-electron chi connectivity index (χ3n) is 7.42. The molecule has 184 valence electrons. The average Bonchev–Trinajstić information content (AvgIpc) is 3.32. The van der Waals surface area contributed by atoms with Gasteiger partial charge in [-0.3, -0.25) is 19.8 Å². The topological polar surface area (TPSA) is 73.5 Å². The second-order valence-corrected chi connectivity index (χ2v) is 10.9. The number of hydrogen-bond acceptors (Lipinski definition) is 5. The maximum atomic E-state index is 12.9. The first-order valence-electron chi connectivity index (χ1n) is 12.6. The van der Waals surface area contributed by atoms with E-state index in [9.17, 15) is 9.59 Å². The monoisotopic (exact) mass is 490 g/mol. The van der Waals surface area contributed by atoms with Gasteiger partial charge in [-0.2, -0.15) is 0 Å². The molecule has 3 heterocycles. The lowest BCUT2D eigenvalue weighted by molar-refractivity contribution is -0.129. The van der Waals surface area contributed by atoms with E-state index in [1.165, 1.54) is 22.3 Å². The highest BCUT2D eigenvalue weighted by Crippen LogP contribution is 2.39. The van der Waals surface area contributed by atoms with Gasteiger partial charge in [0.15, 0.2) is 0 Å². The zero-order valence-corrected chi connectivity index (χ0v) is 21.2. The molecule has 4 unspecified atom stereocenters. The van der Waals surface area contributed by atoms with Crippen LogP contribution in [-0.4, -0.2) is 53.9 Å². The van der Waals surface area contributed by atoms with Crippen LogP contribution in [0.4, 0.5) is 0 Å². The lowest BCUT2D eigenvalue weighted by Crippen LogP contribution is -2.68. The van der Waals surface area contributed by atoms with Crippen LogP contribution < -0.4 is 16.0 Å². The van der Waals surface area contributed by atoms with Gasteiger partial charge in [0.05, 0.1) is 6.04 Å². The van der Waals surface area contributed by atoms with Crippen LogP contribution in [0, 0.1) is 12.8 Å². The van der Waals surface area contributed by atoms with Crippen molar-refractivity contribution in [3.05, 3.63) is 76.7 Å². The number of piperidine rings is 1. The van der Waals surface area contributed by atoms with E-state index in [1.807, 2.05) is 18.2 Å². The van der Waals surface area contributed by atoms with Crippen LogP contribution in [0.15, 0.2) is 60.0 Å². The van der Waals surface area contributed by atoms with Gasteiger partial charge in [-0.25, -0.2) is 0 Å². The minimum Gasteiger partial charge on any atom is -0.355 e. The first-order valence-corrected chi connectivity index (χ1v) is 13.5. The van der Waals surface area contributed by atoms with Crippen molar-refractivity contribution in [3.63, 3.8) is 0 Å². The molecule has 3 aliphatic heterocycles. The van der Waals surface area contributed by atoms with Crippen LogP contribution in [-0.2, 0) is 9.59 Å². The molecule has 5 rings (SSSR count). The third kappa shape index (κ3) is 5.32. The molecule has 0 radical (unpaired) electrons. The Balaban J connectivity index is 1.15. The van der Waals surface area contributed by atoms with E-state index in [1.54, 1.807) is 11.8 Å². The van der Waals surface area contributed by atoms with Crippen molar-refractivity contribution < 1.29 is 9.59 Å². The summed E-state index contributed by atoms with van der Waals surface area (Å²) in [5.74, 6) is 0.531. The van der Waals surface area contributed by atoms with Gasteiger partial charge < -0.3 is 10.6 Å². The number of benzene rings is 2. The number of carbonyl (C=O) groups is 2. The fourth-order valence-electron chi connectivity index (χ4n) is 5.27. The summed E-state index contributed by atoms with van der Waals surface area (Å²) in [4.78, 5) is 28.0. The molecule has 3 aliphatic rings. The predicted octanol–water partition coefficient (Wildman–Crippen LogP) is 3.45. The van der Waals surface area contributed by atoms with Crippen molar-refractivity contribution in [2.75, 3.05) is 19.6 Å². The van der Waals surface area contributed by atoms with Crippen molar-refractivity contribution in [3.8, 4) is 0 Å². The van der Waals surface area contributed by atoms with Gasteiger partial charge >= 0.3 is 0 Å². The highest BCUT2D eigenvalue weighted by molar-refractivity contribution is 8.04. The number of likely N-dealkylation sites (tertiary alicyclic amines) is 1. The number of thioether (sulfide) groups is 1. The van der Waals surface area contributed by atoms with Gasteiger partial charge in [0, 0.05) is 25.6 Å². The normalized spacial score (nSPS) is 25.9. The zero-order chi connectivity index (χ0) is 24.4. The highest BCUT2D eigenvalue weighted by Gasteiger charge is 2.44. The van der Waals surface area contributed by atoms with Gasteiger partial charge in [0.25, 0.3) is 0 Å². The maximum absolute atomic E-state index is 12.9. The molecule has 35 heavy (non-hydrogen) atoms. The minimum atomic E-state index is -0.210. The van der Waals surface area contributed by atoms with Crippen molar-refractivity contribution in [2.24, 2.45) is 5.92 Å². The van der Waals surface area contributed by atoms with Gasteiger partial charge in [-0.05, 0) is 47.8 Å². The average molecular weight is 491 g/mol. The van der Waals surface area contributed by atoms with Gasteiger partial charge in [0.1, 0.15) is 11.5 Å². The lowest BCUT2D eigenvalue weighted by Gasteiger charge is -2.43. The SMILES string of the molecule is Cc1cccc(C2=CSC3C(=O)NC(N4CCC(C(=O)NCC(C)c5ccccc5)CC4)NC23)c1. The maximum Gasteiger partial charge on any atom is 0.237 e. The second-order valence-electron chi connectivity index (χ2n) is 9.92. The molecule has 0 saturated carbocycles. The van der Waals surface area contributed by atoms with Crippen molar-refractivity contribution >= 4 is 29.1 Å². The predicted molar refractivity (Wildman–Crippen MR) is 142 cm³/mol. The van der Waals surface area contributed by atoms with Crippen molar-refractivity contribution in [1.29, 1.82) is 0 Å². The van der Waals surface area contributed by atoms with E-state index in [-0.39, 0.29) is 41.2 Å². The van der Waals surface area contributed by atoms with Crippen molar-refractivity contribution in [2.45, 2.75) is 50.2 Å². The Kier molecular flexibility index (Phi) is 7.27. The second kappa shape index (κ2) is 10.6. The number of nitrogens with one attached hydrogen (secondary N) is 3. The molecule has 2 aromatic rings. The number of aryl methyl sites for hydroxylation is 1. The Labute approximate surface area is 211 Å². The number of carbonyl (C=O) groups excluding carboxylic acids is 2. The molecule has 7 heteroatoms. The molecular weight excluding hydrogens is 456 g/mol. The summed E-state index contributed by atoms with van der Waals surface area (Å²) < 4.78 is 0. The Bertz CT molecular complexity index is 1100. The van der Waals surface area contributed by atoms with E-state index in [4.69, 9.17) is 0 Å². The smallest absolute Gasteiger partial charge is 0.237 e. The zero-order valence-electron chi connectivity index (χ0n) is 20.4. The molecule has 0 aliphatic carbocycles. The van der Waals surface area contributed by atoms with Crippen LogP contribution in [0.25, 0.3) is 5.57 Å². The molecule has 0 aromatic heterocycles. The minimum absolute atomic E-state index is 0.0129. The Morgan fingerprint density at radius 2 is 1.91 bits per heavy atom. The first-order chi connectivity index (χ1) is 17.0. The Morgan fingerprint density at radius 3 is 2.66 bits per heavy atom. The molecule has 2 fully saturated rings. The van der Waals surface area contributed by atoms with Crippen molar-refractivity contribution in [1.82, 2.24) is 20.9 Å². The summed E-state index contributed by atoms with van der Waals surface area (Å²) in [6.45, 7) is 6.44. The fraction of sp³-hybridized carbons (Fsp3) is 0.429. The summed E-state index contributed by atoms with van der Waals surface area (Å²) >= 11 is 1.59. The van der Waals surface area contributed by atoms with E-state index in [2.05, 4.69) is 76.5 Å². The van der Waals surface area contributed by atoms with Gasteiger partial charge in [0.2, 0.25) is 11.8 Å². The van der Waals surface area contributed by atoms with Crippen LogP contribution in [0.3, 0.4) is 0 Å². The van der Waals surface area contributed by atoms with E-state index < -0.39 is 0 Å². The van der Waals surface area contributed by atoms with E-state index in [0.717, 1.165) is 25.9 Å². The molecule has 4 atom stereocenters. The molecule has 2 amide bonds. The molecular formula is C28H34N4O2S. The number of fused-ring (bicyclic) bond motifs is 1. The van der Waals surface area contributed by atoms with E-state index >= 15 is 0 Å². The van der Waals surface area contributed by atoms with Crippen LogP contribution in [0.1, 0.15) is 42.4 Å². The molecule has 0 spiro atoms. The third-order valence-corrected chi connectivity index (χ3v) is 8.59. The summed E-state index contributed by atoms with van der Waals surface area (Å²) in [5.41, 5.74) is 4.81. The number of amides is 2. The van der Waals surface area contributed by atoms with Crippen LogP contribution in [0.5, 0.6) is 0 Å². The summed E-state index contributed by atoms with van der Waals surface area (Å²) in [6, 6.07) is 18.7.